The maximum atomic E-state index is 12.5. The summed E-state index contributed by atoms with van der Waals surface area (Å²) in [5, 5.41) is 24.8. The number of nitrogens with one attached hydrogen (secondary N) is 1. The van der Waals surface area contributed by atoms with Crippen molar-refractivity contribution in [2.24, 2.45) is 5.92 Å². The van der Waals surface area contributed by atoms with Crippen molar-refractivity contribution in [3.05, 3.63) is 56.6 Å². The van der Waals surface area contributed by atoms with Gasteiger partial charge in [0.15, 0.2) is 0 Å². The molecule has 1 N–H and O–H groups in total. The SMILES string of the molecule is CCCC1CCCN(C(=O)Nc2ccc(Oc3cc([N+](=O)[O-])cc([N+](=O)[O-])n3)cc2)C1. The fourth-order valence-electron chi connectivity index (χ4n) is 3.55. The number of piperidine rings is 1. The van der Waals surface area contributed by atoms with Crippen LogP contribution in [0.2, 0.25) is 0 Å². The van der Waals surface area contributed by atoms with Crippen LogP contribution in [-0.4, -0.2) is 38.9 Å². The normalized spacial score (nSPS) is 15.9. The van der Waals surface area contributed by atoms with Gasteiger partial charge in [-0.05, 0) is 54.4 Å². The van der Waals surface area contributed by atoms with Crippen molar-refractivity contribution < 1.29 is 19.4 Å². The first kappa shape index (κ1) is 21.9. The molecule has 1 fully saturated rings. The molecule has 0 radical (unpaired) electrons. The number of hydrogen-bond acceptors (Lipinski definition) is 7. The lowest BCUT2D eigenvalue weighted by molar-refractivity contribution is -0.397. The molecule has 1 aromatic heterocycles. The van der Waals surface area contributed by atoms with E-state index in [1.54, 1.807) is 12.1 Å². The predicted molar refractivity (Wildman–Crippen MR) is 112 cm³/mol. The zero-order valence-electron chi connectivity index (χ0n) is 17.0. The summed E-state index contributed by atoms with van der Waals surface area (Å²) in [5.74, 6) is -0.156. The molecule has 0 saturated carbocycles. The predicted octanol–water partition coefficient (Wildman–Crippen LogP) is 4.73. The third-order valence-electron chi connectivity index (χ3n) is 5.00. The van der Waals surface area contributed by atoms with E-state index >= 15 is 0 Å². The molecule has 2 aromatic rings. The summed E-state index contributed by atoms with van der Waals surface area (Å²) >= 11 is 0. The molecule has 0 bridgehead atoms. The van der Waals surface area contributed by atoms with Gasteiger partial charge >= 0.3 is 17.7 Å². The molecule has 11 nitrogen and oxygen atoms in total. The number of benzene rings is 1. The minimum Gasteiger partial charge on any atom is -0.420 e. The number of aromatic nitrogens is 1. The Bertz CT molecular complexity index is 931. The van der Waals surface area contributed by atoms with Crippen molar-refractivity contribution in [3.63, 3.8) is 0 Å². The lowest BCUT2D eigenvalue weighted by Crippen LogP contribution is -2.42. The molecular formula is C20H23N5O6. The molecule has 1 atom stereocenters. The van der Waals surface area contributed by atoms with Crippen molar-refractivity contribution in [1.82, 2.24) is 9.88 Å². The van der Waals surface area contributed by atoms with E-state index in [2.05, 4.69) is 17.2 Å². The quantitative estimate of drug-likeness (QED) is 0.495. The van der Waals surface area contributed by atoms with Crippen LogP contribution < -0.4 is 10.1 Å². The van der Waals surface area contributed by atoms with Gasteiger partial charge in [-0.3, -0.25) is 10.1 Å². The lowest BCUT2D eigenvalue weighted by atomic mass is 9.94. The van der Waals surface area contributed by atoms with Crippen LogP contribution >= 0.6 is 0 Å². The van der Waals surface area contributed by atoms with Crippen molar-refractivity contribution in [2.45, 2.75) is 32.6 Å². The van der Waals surface area contributed by atoms with E-state index in [0.29, 0.717) is 11.6 Å². The molecule has 31 heavy (non-hydrogen) atoms. The number of pyridine rings is 1. The van der Waals surface area contributed by atoms with Crippen LogP contribution in [0.15, 0.2) is 36.4 Å². The second-order valence-corrected chi connectivity index (χ2v) is 7.34. The van der Waals surface area contributed by atoms with E-state index in [0.717, 1.165) is 50.9 Å². The van der Waals surface area contributed by atoms with E-state index in [-0.39, 0.29) is 17.7 Å². The van der Waals surface area contributed by atoms with Crippen LogP contribution in [0.1, 0.15) is 32.6 Å². The number of urea groups is 1. The summed E-state index contributed by atoms with van der Waals surface area (Å²) in [5.41, 5.74) is 0.0661. The van der Waals surface area contributed by atoms with Crippen LogP contribution in [0.3, 0.4) is 0 Å². The number of carbonyl (C=O) groups is 1. The number of likely N-dealkylation sites (tertiary alicyclic amines) is 1. The highest BCUT2D eigenvalue weighted by Gasteiger charge is 2.23. The number of anilines is 1. The molecule has 0 spiro atoms. The van der Waals surface area contributed by atoms with Crippen molar-refractivity contribution in [2.75, 3.05) is 18.4 Å². The fraction of sp³-hybridized carbons (Fsp3) is 0.400. The van der Waals surface area contributed by atoms with E-state index in [4.69, 9.17) is 4.74 Å². The van der Waals surface area contributed by atoms with Crippen molar-refractivity contribution in [3.8, 4) is 11.6 Å². The van der Waals surface area contributed by atoms with Gasteiger partial charge in [0, 0.05) is 23.8 Å². The molecule has 11 heteroatoms. The maximum Gasteiger partial charge on any atom is 0.374 e. The van der Waals surface area contributed by atoms with Gasteiger partial charge in [-0.15, -0.1) is 0 Å². The zero-order chi connectivity index (χ0) is 22.4. The first-order valence-electron chi connectivity index (χ1n) is 10.0. The molecule has 1 aliphatic rings. The summed E-state index contributed by atoms with van der Waals surface area (Å²) in [6.45, 7) is 3.62. The molecule has 1 aromatic carbocycles. The van der Waals surface area contributed by atoms with E-state index < -0.39 is 21.4 Å². The Morgan fingerprint density at radius 1 is 1.23 bits per heavy atom. The average Bonchev–Trinajstić information content (AvgIpc) is 2.75. The topological polar surface area (TPSA) is 141 Å². The third kappa shape index (κ3) is 5.87. The molecule has 2 heterocycles. The fourth-order valence-corrected chi connectivity index (χ4v) is 3.55. The Hall–Kier alpha value is -3.76. The van der Waals surface area contributed by atoms with Gasteiger partial charge in [0.1, 0.15) is 17.9 Å². The van der Waals surface area contributed by atoms with Crippen LogP contribution in [0.4, 0.5) is 22.0 Å². The largest absolute Gasteiger partial charge is 0.420 e. The van der Waals surface area contributed by atoms with Gasteiger partial charge < -0.3 is 25.1 Å². The Balaban J connectivity index is 1.65. The van der Waals surface area contributed by atoms with Crippen LogP contribution in [0.5, 0.6) is 11.6 Å². The monoisotopic (exact) mass is 429 g/mol. The minimum atomic E-state index is -0.829. The molecule has 1 unspecified atom stereocenters. The Kier molecular flexibility index (Phi) is 6.96. The number of carbonyl (C=O) groups excluding carboxylic acids is 1. The standard InChI is InChI=1S/C20H23N5O6/c1-2-4-14-5-3-10-23(13-14)20(26)21-15-6-8-17(9-7-15)31-19-12-16(24(27)28)11-18(22-19)25(29)30/h6-9,11-12,14H,2-5,10,13H2,1H3,(H,21,26). The molecule has 1 saturated heterocycles. The third-order valence-corrected chi connectivity index (χ3v) is 5.00. The molecular weight excluding hydrogens is 406 g/mol. The Morgan fingerprint density at radius 3 is 2.61 bits per heavy atom. The number of nitro groups is 2. The first-order valence-corrected chi connectivity index (χ1v) is 10.0. The summed E-state index contributed by atoms with van der Waals surface area (Å²) in [7, 11) is 0. The van der Waals surface area contributed by atoms with Gasteiger partial charge in [0.25, 0.3) is 5.69 Å². The van der Waals surface area contributed by atoms with E-state index in [1.165, 1.54) is 12.1 Å². The molecule has 164 valence electrons. The smallest absolute Gasteiger partial charge is 0.374 e. The highest BCUT2D eigenvalue weighted by Crippen LogP contribution is 2.28. The molecule has 0 aliphatic carbocycles. The average molecular weight is 429 g/mol. The minimum absolute atomic E-state index is 0.162. The van der Waals surface area contributed by atoms with Gasteiger partial charge in [-0.25, -0.2) is 4.79 Å². The maximum absolute atomic E-state index is 12.5. The van der Waals surface area contributed by atoms with Gasteiger partial charge in [-0.1, -0.05) is 13.3 Å². The van der Waals surface area contributed by atoms with E-state index in [9.17, 15) is 25.0 Å². The first-order chi connectivity index (χ1) is 14.9. The van der Waals surface area contributed by atoms with E-state index in [1.807, 2.05) is 4.90 Å². The summed E-state index contributed by atoms with van der Waals surface area (Å²) in [4.78, 5) is 38.3. The number of ether oxygens (including phenoxy) is 1. The molecule has 2 amide bonds. The number of nitrogens with zero attached hydrogens (tertiary/aromatic N) is 4. The molecule has 3 rings (SSSR count). The number of hydrogen-bond donors (Lipinski definition) is 1. The zero-order valence-corrected chi connectivity index (χ0v) is 17.0. The van der Waals surface area contributed by atoms with Crippen LogP contribution in [0.25, 0.3) is 0 Å². The second-order valence-electron chi connectivity index (χ2n) is 7.34. The summed E-state index contributed by atoms with van der Waals surface area (Å²) in [6.07, 6.45) is 4.35. The summed E-state index contributed by atoms with van der Waals surface area (Å²) in [6, 6.07) is 7.92. The Labute approximate surface area is 178 Å². The number of amides is 2. The van der Waals surface area contributed by atoms with Gasteiger partial charge in [0.05, 0.1) is 4.92 Å². The van der Waals surface area contributed by atoms with Crippen molar-refractivity contribution in [1.29, 1.82) is 0 Å². The van der Waals surface area contributed by atoms with Crippen molar-refractivity contribution >= 4 is 23.2 Å². The Morgan fingerprint density at radius 2 is 1.97 bits per heavy atom. The summed E-state index contributed by atoms with van der Waals surface area (Å²) < 4.78 is 5.43. The highest BCUT2D eigenvalue weighted by atomic mass is 16.6. The highest BCUT2D eigenvalue weighted by molar-refractivity contribution is 5.89. The van der Waals surface area contributed by atoms with Crippen LogP contribution in [-0.2, 0) is 0 Å². The van der Waals surface area contributed by atoms with Crippen LogP contribution in [0, 0.1) is 26.1 Å². The second kappa shape index (κ2) is 9.83. The van der Waals surface area contributed by atoms with Gasteiger partial charge in [0.2, 0.25) is 0 Å². The molecule has 1 aliphatic heterocycles. The van der Waals surface area contributed by atoms with Gasteiger partial charge in [-0.2, -0.15) is 0 Å². The lowest BCUT2D eigenvalue weighted by Gasteiger charge is -2.32. The number of rotatable bonds is 7.